The zero-order chi connectivity index (χ0) is 16.2. The van der Waals surface area contributed by atoms with Crippen LogP contribution in [-0.2, 0) is 9.53 Å². The molecular weight excluding hydrogens is 316 g/mol. The summed E-state index contributed by atoms with van der Waals surface area (Å²) < 4.78 is 11.1. The lowest BCUT2D eigenvalue weighted by Crippen LogP contribution is -2.41. The Morgan fingerprint density at radius 2 is 2.13 bits per heavy atom. The molecule has 2 heterocycles. The number of rotatable bonds is 5. The Bertz CT molecular complexity index is 680. The van der Waals surface area contributed by atoms with Crippen molar-refractivity contribution in [2.45, 2.75) is 19.4 Å². The lowest BCUT2D eigenvalue weighted by molar-refractivity contribution is -0.135. The van der Waals surface area contributed by atoms with Crippen molar-refractivity contribution in [3.05, 3.63) is 35.0 Å². The summed E-state index contributed by atoms with van der Waals surface area (Å²) in [5.41, 5.74) is 0.822. The van der Waals surface area contributed by atoms with Gasteiger partial charge in [-0.15, -0.1) is 0 Å². The molecule has 1 aromatic carbocycles. The molecule has 1 N–H and O–H groups in total. The van der Waals surface area contributed by atoms with Crippen LogP contribution in [0.5, 0.6) is 0 Å². The van der Waals surface area contributed by atoms with Gasteiger partial charge < -0.3 is 19.4 Å². The Kier molecular flexibility index (Phi) is 5.20. The highest BCUT2D eigenvalue weighted by Crippen LogP contribution is 2.26. The first kappa shape index (κ1) is 16.3. The average molecular weight is 337 g/mol. The first-order chi connectivity index (χ1) is 11.1. The van der Waals surface area contributed by atoms with Crippen LogP contribution in [-0.4, -0.2) is 43.7 Å². The minimum atomic E-state index is 0.0404. The number of ether oxygens (including phenoxy) is 1. The molecule has 23 heavy (non-hydrogen) atoms. The lowest BCUT2D eigenvalue weighted by atomic mass is 10.2. The number of nitrogens with zero attached hydrogens (tertiary/aromatic N) is 1. The number of benzene rings is 1. The van der Waals surface area contributed by atoms with Gasteiger partial charge in [-0.05, 0) is 31.2 Å². The minimum absolute atomic E-state index is 0.0404. The highest BCUT2D eigenvalue weighted by molar-refractivity contribution is 6.31. The van der Waals surface area contributed by atoms with E-state index in [0.29, 0.717) is 44.3 Å². The highest BCUT2D eigenvalue weighted by Gasteiger charge is 2.17. The number of hydrogen-bond donors (Lipinski definition) is 1. The molecule has 124 valence electrons. The van der Waals surface area contributed by atoms with Gasteiger partial charge in [-0.1, -0.05) is 11.6 Å². The van der Waals surface area contributed by atoms with Crippen LogP contribution in [0.25, 0.3) is 11.0 Å². The lowest BCUT2D eigenvalue weighted by Gasteiger charge is -2.27. The summed E-state index contributed by atoms with van der Waals surface area (Å²) >= 11 is 5.99. The topological polar surface area (TPSA) is 54.7 Å². The average Bonchev–Trinajstić information content (AvgIpc) is 2.98. The molecule has 0 radical (unpaired) electrons. The number of carbonyl (C=O) groups excluding carboxylic acids is 1. The molecule has 2 aromatic rings. The summed E-state index contributed by atoms with van der Waals surface area (Å²) in [5, 5.41) is 5.03. The third-order valence-electron chi connectivity index (χ3n) is 4.08. The molecule has 6 heteroatoms. The second kappa shape index (κ2) is 7.34. The molecule has 1 aliphatic heterocycles. The van der Waals surface area contributed by atoms with Gasteiger partial charge in [-0.3, -0.25) is 4.79 Å². The van der Waals surface area contributed by atoms with E-state index >= 15 is 0 Å². The molecular formula is C17H21ClN2O3. The van der Waals surface area contributed by atoms with Crippen LogP contribution in [0.1, 0.15) is 25.1 Å². The largest absolute Gasteiger partial charge is 0.459 e. The summed E-state index contributed by atoms with van der Waals surface area (Å²) in [7, 11) is 0. The van der Waals surface area contributed by atoms with Crippen LogP contribution in [0.15, 0.2) is 28.7 Å². The Labute approximate surface area is 140 Å². The fourth-order valence-electron chi connectivity index (χ4n) is 2.72. The number of carbonyl (C=O) groups is 1. The summed E-state index contributed by atoms with van der Waals surface area (Å²) in [6.07, 6.45) is 0.483. The molecule has 1 atom stereocenters. The maximum atomic E-state index is 12.1. The minimum Gasteiger partial charge on any atom is -0.459 e. The predicted octanol–water partition coefficient (Wildman–Crippen LogP) is 2.99. The molecule has 1 aromatic heterocycles. The third kappa shape index (κ3) is 4.05. The van der Waals surface area contributed by atoms with Crippen molar-refractivity contribution in [1.82, 2.24) is 10.2 Å². The SMILES string of the molecule is CC(NCCC(=O)N1CCOCC1)c1cc2cc(Cl)ccc2o1. The fourth-order valence-corrected chi connectivity index (χ4v) is 2.90. The van der Waals surface area contributed by atoms with Crippen molar-refractivity contribution in [3.63, 3.8) is 0 Å². The number of furan rings is 1. The zero-order valence-corrected chi connectivity index (χ0v) is 13.9. The second-order valence-electron chi connectivity index (χ2n) is 5.75. The van der Waals surface area contributed by atoms with Gasteiger partial charge in [0.15, 0.2) is 0 Å². The summed E-state index contributed by atoms with van der Waals surface area (Å²) in [6.45, 7) is 5.30. The second-order valence-corrected chi connectivity index (χ2v) is 6.19. The monoisotopic (exact) mass is 336 g/mol. The van der Waals surface area contributed by atoms with Gasteiger partial charge in [-0.25, -0.2) is 0 Å². The Morgan fingerprint density at radius 3 is 2.91 bits per heavy atom. The maximum absolute atomic E-state index is 12.1. The summed E-state index contributed by atoms with van der Waals surface area (Å²) in [6, 6.07) is 7.60. The quantitative estimate of drug-likeness (QED) is 0.912. The van der Waals surface area contributed by atoms with Gasteiger partial charge >= 0.3 is 0 Å². The van der Waals surface area contributed by atoms with Crippen molar-refractivity contribution in [1.29, 1.82) is 0 Å². The van der Waals surface area contributed by atoms with Crippen LogP contribution in [0, 0.1) is 0 Å². The molecule has 1 fully saturated rings. The van der Waals surface area contributed by atoms with Crippen molar-refractivity contribution >= 4 is 28.5 Å². The van der Waals surface area contributed by atoms with E-state index in [2.05, 4.69) is 5.32 Å². The molecule has 0 bridgehead atoms. The first-order valence-electron chi connectivity index (χ1n) is 7.91. The number of hydrogen-bond acceptors (Lipinski definition) is 4. The molecule has 1 aliphatic rings. The first-order valence-corrected chi connectivity index (χ1v) is 8.29. The number of morpholine rings is 1. The molecule has 5 nitrogen and oxygen atoms in total. The standard InChI is InChI=1S/C17H21ClN2O3/c1-12(16-11-13-10-14(18)2-3-15(13)23-16)19-5-4-17(21)20-6-8-22-9-7-20/h2-3,10-12,19H,4-9H2,1H3. The molecule has 1 amide bonds. The molecule has 0 spiro atoms. The van der Waals surface area contributed by atoms with Crippen molar-refractivity contribution in [2.75, 3.05) is 32.8 Å². The van der Waals surface area contributed by atoms with Crippen LogP contribution in [0.4, 0.5) is 0 Å². The molecule has 1 unspecified atom stereocenters. The predicted molar refractivity (Wildman–Crippen MR) is 89.7 cm³/mol. The highest BCUT2D eigenvalue weighted by atomic mass is 35.5. The van der Waals surface area contributed by atoms with E-state index in [1.165, 1.54) is 0 Å². The Morgan fingerprint density at radius 1 is 1.35 bits per heavy atom. The van der Waals surface area contributed by atoms with E-state index in [4.69, 9.17) is 20.8 Å². The third-order valence-corrected chi connectivity index (χ3v) is 4.31. The Balaban J connectivity index is 1.51. The van der Waals surface area contributed by atoms with Crippen molar-refractivity contribution in [2.24, 2.45) is 0 Å². The zero-order valence-electron chi connectivity index (χ0n) is 13.2. The van der Waals surface area contributed by atoms with Gasteiger partial charge in [0.25, 0.3) is 0 Å². The van der Waals surface area contributed by atoms with Gasteiger partial charge in [0.05, 0.1) is 19.3 Å². The smallest absolute Gasteiger partial charge is 0.224 e. The summed E-state index contributed by atoms with van der Waals surface area (Å²) in [4.78, 5) is 13.9. The van der Waals surface area contributed by atoms with E-state index in [1.807, 2.05) is 36.1 Å². The van der Waals surface area contributed by atoms with E-state index in [-0.39, 0.29) is 11.9 Å². The van der Waals surface area contributed by atoms with Crippen LogP contribution < -0.4 is 5.32 Å². The normalized spacial score (nSPS) is 16.7. The van der Waals surface area contributed by atoms with Crippen molar-refractivity contribution < 1.29 is 13.9 Å². The van der Waals surface area contributed by atoms with Crippen molar-refractivity contribution in [3.8, 4) is 0 Å². The molecule has 0 saturated carbocycles. The fraction of sp³-hybridized carbons (Fsp3) is 0.471. The van der Waals surface area contributed by atoms with Gasteiger partial charge in [0.2, 0.25) is 5.91 Å². The maximum Gasteiger partial charge on any atom is 0.224 e. The number of nitrogens with one attached hydrogen (secondary N) is 1. The molecule has 1 saturated heterocycles. The number of amides is 1. The molecule has 3 rings (SSSR count). The van der Waals surface area contributed by atoms with E-state index in [9.17, 15) is 4.79 Å². The van der Waals surface area contributed by atoms with Crippen LogP contribution in [0.2, 0.25) is 5.02 Å². The van der Waals surface area contributed by atoms with Gasteiger partial charge in [0, 0.05) is 36.5 Å². The van der Waals surface area contributed by atoms with Crippen LogP contribution in [0.3, 0.4) is 0 Å². The van der Waals surface area contributed by atoms with Crippen LogP contribution >= 0.6 is 11.6 Å². The van der Waals surface area contributed by atoms with E-state index in [1.54, 1.807) is 0 Å². The van der Waals surface area contributed by atoms with E-state index in [0.717, 1.165) is 16.7 Å². The van der Waals surface area contributed by atoms with Gasteiger partial charge in [0.1, 0.15) is 11.3 Å². The summed E-state index contributed by atoms with van der Waals surface area (Å²) in [5.74, 6) is 1.02. The van der Waals surface area contributed by atoms with Gasteiger partial charge in [-0.2, -0.15) is 0 Å². The molecule has 0 aliphatic carbocycles. The van der Waals surface area contributed by atoms with E-state index < -0.39 is 0 Å². The Hall–Kier alpha value is -1.56. The number of fused-ring (bicyclic) bond motifs is 1. The number of halogens is 1.